The average Bonchev–Trinajstić information content (AvgIpc) is 3.28. The molecule has 4 heterocycles. The molecular formula is C27H19F4N5O. The summed E-state index contributed by atoms with van der Waals surface area (Å²) in [4.78, 5) is 28.8. The lowest BCUT2D eigenvalue weighted by molar-refractivity contribution is -0.118. The quantitative estimate of drug-likeness (QED) is 0.200. The van der Waals surface area contributed by atoms with Crippen molar-refractivity contribution < 1.29 is 22.4 Å². The number of H-pyrrole nitrogens is 1. The molecule has 0 fully saturated rings. The molecule has 6 nitrogen and oxygen atoms in total. The highest BCUT2D eigenvalue weighted by Crippen LogP contribution is 2.37. The molecule has 1 atom stereocenters. The first-order chi connectivity index (χ1) is 17.9. The van der Waals surface area contributed by atoms with Gasteiger partial charge in [0.2, 0.25) is 18.3 Å². The van der Waals surface area contributed by atoms with Crippen LogP contribution in [-0.4, -0.2) is 32.3 Å². The van der Waals surface area contributed by atoms with E-state index in [9.17, 15) is 22.4 Å². The topological polar surface area (TPSA) is 83.6 Å². The first-order valence-electron chi connectivity index (χ1n) is 11.3. The Balaban J connectivity index is 1.51. The lowest BCUT2D eigenvalue weighted by atomic mass is 9.95. The van der Waals surface area contributed by atoms with Gasteiger partial charge >= 0.3 is 0 Å². The fourth-order valence-electron chi connectivity index (χ4n) is 4.17. The number of anilines is 1. The van der Waals surface area contributed by atoms with Crippen LogP contribution in [-0.2, 0) is 4.79 Å². The molecule has 0 saturated carbocycles. The van der Waals surface area contributed by atoms with Crippen LogP contribution in [0.2, 0.25) is 0 Å². The predicted molar refractivity (Wildman–Crippen MR) is 131 cm³/mol. The van der Waals surface area contributed by atoms with Crippen LogP contribution in [0.3, 0.4) is 0 Å². The molecule has 0 radical (unpaired) electrons. The molecule has 0 aliphatic rings. The molecule has 1 aromatic carbocycles. The number of alkyl halides is 2. The summed E-state index contributed by atoms with van der Waals surface area (Å²) in [6, 6.07) is 16.1. The highest BCUT2D eigenvalue weighted by molar-refractivity contribution is 6.01. The molecule has 37 heavy (non-hydrogen) atoms. The van der Waals surface area contributed by atoms with E-state index in [-0.39, 0.29) is 11.4 Å². The third-order valence-corrected chi connectivity index (χ3v) is 5.83. The smallest absolute Gasteiger partial charge is 0.239 e. The third-order valence-electron chi connectivity index (χ3n) is 5.83. The zero-order chi connectivity index (χ0) is 25.9. The standard InChI is InChI=1S/C27H19F4N5O/c28-17-8-6-15(7-9-17)18(14-21(29)30)27(37)36-23-13-16(10-12-32-23)25-24(19-3-1-5-22(31)34-19)26-20(35-25)4-2-11-33-26/h1-13,18,21,35H,14H2,(H,32,36,37). The second-order valence-electron chi connectivity index (χ2n) is 8.27. The number of halogens is 4. The Bertz CT molecular complexity index is 1570. The molecule has 4 aromatic heterocycles. The molecular weight excluding hydrogens is 486 g/mol. The van der Waals surface area contributed by atoms with Gasteiger partial charge in [0.15, 0.2) is 0 Å². The van der Waals surface area contributed by atoms with Gasteiger partial charge in [-0.05, 0) is 54.1 Å². The van der Waals surface area contributed by atoms with E-state index in [0.717, 1.165) is 12.1 Å². The Morgan fingerprint density at radius 2 is 1.76 bits per heavy atom. The van der Waals surface area contributed by atoms with Crippen LogP contribution in [0.4, 0.5) is 23.4 Å². The maximum Gasteiger partial charge on any atom is 0.239 e. The number of aromatic nitrogens is 4. The minimum absolute atomic E-state index is 0.119. The predicted octanol–water partition coefficient (Wildman–Crippen LogP) is 6.34. The van der Waals surface area contributed by atoms with Gasteiger partial charge in [0.25, 0.3) is 0 Å². The zero-order valence-electron chi connectivity index (χ0n) is 19.1. The molecule has 0 bridgehead atoms. The second kappa shape index (κ2) is 10.2. The second-order valence-corrected chi connectivity index (χ2v) is 8.27. The van der Waals surface area contributed by atoms with Gasteiger partial charge in [0.1, 0.15) is 11.6 Å². The zero-order valence-corrected chi connectivity index (χ0v) is 19.1. The summed E-state index contributed by atoms with van der Waals surface area (Å²) < 4.78 is 53.8. The number of hydrogen-bond acceptors (Lipinski definition) is 4. The van der Waals surface area contributed by atoms with E-state index in [4.69, 9.17) is 0 Å². The molecule has 1 unspecified atom stereocenters. The fourth-order valence-corrected chi connectivity index (χ4v) is 4.17. The summed E-state index contributed by atoms with van der Waals surface area (Å²) in [7, 11) is 0. The number of nitrogens with zero attached hydrogens (tertiary/aromatic N) is 3. The molecule has 186 valence electrons. The summed E-state index contributed by atoms with van der Waals surface area (Å²) in [5.41, 5.74) is 3.58. The van der Waals surface area contributed by atoms with Crippen molar-refractivity contribution in [1.82, 2.24) is 19.9 Å². The molecule has 1 amide bonds. The van der Waals surface area contributed by atoms with Crippen LogP contribution in [0.15, 0.2) is 79.1 Å². The molecule has 10 heteroatoms. The van der Waals surface area contributed by atoms with Gasteiger partial charge in [-0.3, -0.25) is 9.78 Å². The molecule has 0 aliphatic heterocycles. The number of pyridine rings is 3. The van der Waals surface area contributed by atoms with Crippen molar-refractivity contribution in [3.63, 3.8) is 0 Å². The first-order valence-corrected chi connectivity index (χ1v) is 11.3. The number of hydrogen-bond donors (Lipinski definition) is 2. The molecule has 0 saturated heterocycles. The number of nitrogens with one attached hydrogen (secondary N) is 2. The van der Waals surface area contributed by atoms with Crippen molar-refractivity contribution in [3.05, 3.63) is 96.5 Å². The average molecular weight is 505 g/mol. The SMILES string of the molecule is O=C(Nc1cc(-c2[nH]c3cccnc3c2-c2cccc(F)n2)ccn1)C(CC(F)F)c1ccc(F)cc1. The number of carbonyl (C=O) groups excluding carboxylic acids is 1. The van der Waals surface area contributed by atoms with Gasteiger partial charge < -0.3 is 10.3 Å². The summed E-state index contributed by atoms with van der Waals surface area (Å²) in [6.45, 7) is 0. The Labute approximate surface area is 208 Å². The third kappa shape index (κ3) is 5.18. The summed E-state index contributed by atoms with van der Waals surface area (Å²) in [5.74, 6) is -2.99. The molecule has 0 aliphatic carbocycles. The van der Waals surface area contributed by atoms with E-state index >= 15 is 0 Å². The number of carbonyl (C=O) groups is 1. The number of benzene rings is 1. The van der Waals surface area contributed by atoms with Gasteiger partial charge in [-0.25, -0.2) is 23.1 Å². The van der Waals surface area contributed by atoms with Crippen LogP contribution in [0.5, 0.6) is 0 Å². The lowest BCUT2D eigenvalue weighted by Crippen LogP contribution is -2.23. The van der Waals surface area contributed by atoms with Crippen molar-refractivity contribution in [2.24, 2.45) is 0 Å². The van der Waals surface area contributed by atoms with Crippen molar-refractivity contribution in [3.8, 4) is 22.5 Å². The highest BCUT2D eigenvalue weighted by atomic mass is 19.3. The maximum absolute atomic E-state index is 14.0. The van der Waals surface area contributed by atoms with Crippen molar-refractivity contribution >= 4 is 22.8 Å². The summed E-state index contributed by atoms with van der Waals surface area (Å²) in [6.07, 6.45) is -0.424. The Morgan fingerprint density at radius 3 is 2.51 bits per heavy atom. The van der Waals surface area contributed by atoms with Crippen LogP contribution < -0.4 is 5.32 Å². The van der Waals surface area contributed by atoms with E-state index in [0.29, 0.717) is 33.5 Å². The van der Waals surface area contributed by atoms with Gasteiger partial charge in [0.05, 0.1) is 33.9 Å². The van der Waals surface area contributed by atoms with Gasteiger partial charge in [0, 0.05) is 24.4 Å². The minimum atomic E-state index is -2.75. The highest BCUT2D eigenvalue weighted by Gasteiger charge is 2.26. The van der Waals surface area contributed by atoms with Crippen LogP contribution in [0.1, 0.15) is 17.9 Å². The molecule has 0 spiro atoms. The maximum atomic E-state index is 14.0. The summed E-state index contributed by atoms with van der Waals surface area (Å²) in [5, 5.41) is 2.59. The Hall–Kier alpha value is -4.60. The molecule has 5 rings (SSSR count). The number of aromatic amines is 1. The fraction of sp³-hybridized carbons (Fsp3) is 0.111. The van der Waals surface area contributed by atoms with E-state index in [1.165, 1.54) is 24.4 Å². The van der Waals surface area contributed by atoms with Gasteiger partial charge in [-0.1, -0.05) is 18.2 Å². The summed E-state index contributed by atoms with van der Waals surface area (Å²) >= 11 is 0. The van der Waals surface area contributed by atoms with Gasteiger partial charge in [-0.15, -0.1) is 0 Å². The Kier molecular flexibility index (Phi) is 6.63. The number of rotatable bonds is 7. The first kappa shape index (κ1) is 24.1. The van der Waals surface area contributed by atoms with Crippen molar-refractivity contribution in [2.45, 2.75) is 18.8 Å². The van der Waals surface area contributed by atoms with Crippen LogP contribution in [0.25, 0.3) is 33.5 Å². The molecule has 5 aromatic rings. The minimum Gasteiger partial charge on any atom is -0.353 e. The van der Waals surface area contributed by atoms with Crippen LogP contribution in [0, 0.1) is 11.8 Å². The van der Waals surface area contributed by atoms with Crippen molar-refractivity contribution in [2.75, 3.05) is 5.32 Å². The normalized spacial score (nSPS) is 12.1. The number of amides is 1. The number of fused-ring (bicyclic) bond motifs is 1. The van der Waals surface area contributed by atoms with E-state index in [1.54, 1.807) is 36.5 Å². The lowest BCUT2D eigenvalue weighted by Gasteiger charge is -2.17. The monoisotopic (exact) mass is 505 g/mol. The van der Waals surface area contributed by atoms with E-state index in [2.05, 4.69) is 25.3 Å². The van der Waals surface area contributed by atoms with Crippen molar-refractivity contribution in [1.29, 1.82) is 0 Å². The molecule has 2 N–H and O–H groups in total. The van der Waals surface area contributed by atoms with Crippen LogP contribution >= 0.6 is 0 Å². The largest absolute Gasteiger partial charge is 0.353 e. The van der Waals surface area contributed by atoms with E-state index < -0.39 is 36.4 Å². The Morgan fingerprint density at radius 1 is 0.946 bits per heavy atom. The van der Waals surface area contributed by atoms with Gasteiger partial charge in [-0.2, -0.15) is 4.39 Å². The van der Waals surface area contributed by atoms with E-state index in [1.807, 2.05) is 6.07 Å².